The van der Waals surface area contributed by atoms with E-state index in [-0.39, 0.29) is 5.75 Å². The van der Waals surface area contributed by atoms with Gasteiger partial charge in [-0.3, -0.25) is 4.55 Å². The summed E-state index contributed by atoms with van der Waals surface area (Å²) in [4.78, 5) is 0. The van der Waals surface area contributed by atoms with Crippen molar-refractivity contribution in [3.8, 4) is 0 Å². The van der Waals surface area contributed by atoms with Crippen molar-refractivity contribution in [3.63, 3.8) is 0 Å². The minimum Gasteiger partial charge on any atom is -0.313 e. The van der Waals surface area contributed by atoms with Crippen LogP contribution in [0.3, 0.4) is 0 Å². The molecule has 3 saturated carbocycles. The van der Waals surface area contributed by atoms with Gasteiger partial charge in [-0.15, -0.1) is 0 Å². The van der Waals surface area contributed by atoms with Crippen molar-refractivity contribution in [1.82, 2.24) is 5.32 Å². The first-order valence-electron chi connectivity index (χ1n) is 8.21. The highest BCUT2D eigenvalue weighted by Crippen LogP contribution is 2.53. The van der Waals surface area contributed by atoms with E-state index in [4.69, 9.17) is 4.55 Å². The minimum atomic E-state index is -3.78. The summed E-state index contributed by atoms with van der Waals surface area (Å²) >= 11 is 0. The fourth-order valence-electron chi connectivity index (χ4n) is 5.07. The Hall–Kier alpha value is -0.130. The Labute approximate surface area is 122 Å². The summed E-state index contributed by atoms with van der Waals surface area (Å²) in [5.41, 5.74) is 0. The second-order valence-electron chi connectivity index (χ2n) is 7.15. The predicted octanol–water partition coefficient (Wildman–Crippen LogP) is 2.46. The zero-order chi connectivity index (χ0) is 14.2. The Bertz CT molecular complexity index is 436. The van der Waals surface area contributed by atoms with Crippen LogP contribution in [0.5, 0.6) is 0 Å². The lowest BCUT2D eigenvalue weighted by atomic mass is 9.75. The molecule has 3 bridgehead atoms. The molecule has 3 fully saturated rings. The van der Waals surface area contributed by atoms with E-state index in [1.165, 1.54) is 38.5 Å². The number of hydrogen-bond donors (Lipinski definition) is 2. The van der Waals surface area contributed by atoms with E-state index in [9.17, 15) is 8.42 Å². The molecule has 2 N–H and O–H groups in total. The molecule has 5 heteroatoms. The van der Waals surface area contributed by atoms with Gasteiger partial charge in [-0.05, 0) is 68.7 Å². The van der Waals surface area contributed by atoms with Gasteiger partial charge < -0.3 is 5.32 Å². The van der Waals surface area contributed by atoms with E-state index in [0.717, 1.165) is 36.6 Å². The van der Waals surface area contributed by atoms with Crippen LogP contribution in [-0.2, 0) is 10.1 Å². The Balaban J connectivity index is 1.46. The molecule has 0 heterocycles. The summed E-state index contributed by atoms with van der Waals surface area (Å²) in [6, 6.07) is 0.669. The molecule has 20 heavy (non-hydrogen) atoms. The lowest BCUT2D eigenvalue weighted by molar-refractivity contribution is 0.179. The van der Waals surface area contributed by atoms with Crippen molar-refractivity contribution < 1.29 is 13.0 Å². The van der Waals surface area contributed by atoms with Gasteiger partial charge in [0.25, 0.3) is 10.1 Å². The molecule has 0 amide bonds. The fraction of sp³-hybridized carbons (Fsp3) is 1.00. The molecule has 3 rings (SSSR count). The van der Waals surface area contributed by atoms with Crippen molar-refractivity contribution in [2.24, 2.45) is 23.7 Å². The van der Waals surface area contributed by atoms with E-state index >= 15 is 0 Å². The molecule has 0 radical (unpaired) electrons. The minimum absolute atomic E-state index is 0.101. The molecule has 4 nitrogen and oxygen atoms in total. The predicted molar refractivity (Wildman–Crippen MR) is 79.1 cm³/mol. The van der Waals surface area contributed by atoms with Crippen molar-refractivity contribution in [1.29, 1.82) is 0 Å². The van der Waals surface area contributed by atoms with Gasteiger partial charge in [0.15, 0.2) is 0 Å². The van der Waals surface area contributed by atoms with E-state index in [0.29, 0.717) is 12.5 Å². The highest BCUT2D eigenvalue weighted by molar-refractivity contribution is 7.85. The molecule has 0 aliphatic heterocycles. The summed E-state index contributed by atoms with van der Waals surface area (Å²) in [5, 5.41) is 3.71. The fourth-order valence-corrected chi connectivity index (χ4v) is 5.63. The van der Waals surface area contributed by atoms with Gasteiger partial charge in [0.05, 0.1) is 5.75 Å². The lowest BCUT2D eigenvalue weighted by Gasteiger charge is -2.37. The van der Waals surface area contributed by atoms with Crippen LogP contribution in [0.15, 0.2) is 0 Å². The Morgan fingerprint density at radius 2 is 1.65 bits per heavy atom. The maximum atomic E-state index is 10.7. The van der Waals surface area contributed by atoms with Crippen molar-refractivity contribution in [3.05, 3.63) is 0 Å². The van der Waals surface area contributed by atoms with E-state index < -0.39 is 10.1 Å². The Morgan fingerprint density at radius 1 is 0.950 bits per heavy atom. The summed E-state index contributed by atoms with van der Waals surface area (Å²) in [7, 11) is -3.78. The topological polar surface area (TPSA) is 66.4 Å². The number of fused-ring (bicyclic) bond motifs is 2. The molecular weight excluding hydrogens is 274 g/mol. The third-order valence-electron chi connectivity index (χ3n) is 5.86. The van der Waals surface area contributed by atoms with Crippen LogP contribution in [0.25, 0.3) is 0 Å². The molecule has 0 aromatic rings. The van der Waals surface area contributed by atoms with Gasteiger partial charge in [0, 0.05) is 6.04 Å². The highest BCUT2D eigenvalue weighted by Gasteiger charge is 2.47. The number of unbranched alkanes of at least 4 members (excludes halogenated alkanes) is 1. The molecule has 5 atom stereocenters. The molecule has 3 aliphatic rings. The second kappa shape index (κ2) is 5.93. The first kappa shape index (κ1) is 14.8. The highest BCUT2D eigenvalue weighted by atomic mass is 32.2. The number of nitrogens with one attached hydrogen (secondary N) is 1. The Kier molecular flexibility index (Phi) is 4.39. The maximum Gasteiger partial charge on any atom is 0.264 e. The van der Waals surface area contributed by atoms with Gasteiger partial charge in [-0.25, -0.2) is 0 Å². The van der Waals surface area contributed by atoms with Crippen LogP contribution >= 0.6 is 0 Å². The zero-order valence-electron chi connectivity index (χ0n) is 12.1. The Morgan fingerprint density at radius 3 is 2.45 bits per heavy atom. The molecule has 0 aromatic carbocycles. The average molecular weight is 301 g/mol. The zero-order valence-corrected chi connectivity index (χ0v) is 12.9. The number of hydrogen-bond acceptors (Lipinski definition) is 3. The van der Waals surface area contributed by atoms with Gasteiger partial charge in [0.2, 0.25) is 0 Å². The van der Waals surface area contributed by atoms with Crippen LogP contribution < -0.4 is 5.32 Å². The van der Waals surface area contributed by atoms with Gasteiger partial charge in [-0.2, -0.15) is 8.42 Å². The summed E-state index contributed by atoms with van der Waals surface area (Å²) in [6.07, 6.45) is 9.89. The first-order valence-corrected chi connectivity index (χ1v) is 9.82. The van der Waals surface area contributed by atoms with E-state index in [1.807, 2.05) is 0 Å². The van der Waals surface area contributed by atoms with Crippen LogP contribution in [0.2, 0.25) is 0 Å². The van der Waals surface area contributed by atoms with Gasteiger partial charge in [-0.1, -0.05) is 12.8 Å². The maximum absolute atomic E-state index is 10.7. The van der Waals surface area contributed by atoms with Crippen LogP contribution in [0, 0.1) is 23.7 Å². The smallest absolute Gasteiger partial charge is 0.264 e. The van der Waals surface area contributed by atoms with Crippen LogP contribution in [0.1, 0.15) is 51.4 Å². The average Bonchev–Trinajstić information content (AvgIpc) is 2.59. The van der Waals surface area contributed by atoms with Crippen molar-refractivity contribution in [2.75, 3.05) is 12.3 Å². The van der Waals surface area contributed by atoms with Crippen LogP contribution in [-0.4, -0.2) is 31.3 Å². The van der Waals surface area contributed by atoms with Crippen LogP contribution in [0.4, 0.5) is 0 Å². The molecule has 0 saturated heterocycles. The quantitative estimate of drug-likeness (QED) is 0.584. The molecule has 0 spiro atoms. The van der Waals surface area contributed by atoms with Gasteiger partial charge in [0.1, 0.15) is 0 Å². The molecule has 3 aliphatic carbocycles. The third kappa shape index (κ3) is 3.37. The summed E-state index contributed by atoms with van der Waals surface area (Å²) in [6.45, 7) is 0.891. The molecule has 116 valence electrons. The standard InChI is InChI=1S/C15H27NO3S/c17-20(18,19)7-2-1-6-16-15-12-5-3-4-11-8-14(15)10-13(11)9-12/h11-16H,1-10H2,(H,17,18,19)/t11-,12-,13?,14?,15?/m0/s1. The summed E-state index contributed by atoms with van der Waals surface area (Å²) in [5.74, 6) is 3.62. The SMILES string of the molecule is O=S(=O)(O)CCCCNC1C2CC3C[C@@H]1CCC[C@H]3C2. The molecule has 0 aromatic heterocycles. The summed E-state index contributed by atoms with van der Waals surface area (Å²) < 4.78 is 30.1. The number of rotatable bonds is 6. The van der Waals surface area contributed by atoms with Gasteiger partial charge >= 0.3 is 0 Å². The first-order chi connectivity index (χ1) is 9.53. The molecular formula is C15H27NO3S. The second-order valence-corrected chi connectivity index (χ2v) is 8.72. The molecule has 3 unspecified atom stereocenters. The lowest BCUT2D eigenvalue weighted by Crippen LogP contribution is -2.44. The van der Waals surface area contributed by atoms with E-state index in [1.54, 1.807) is 0 Å². The normalized spacial score (nSPS) is 40.0. The monoisotopic (exact) mass is 301 g/mol. The van der Waals surface area contributed by atoms with E-state index in [2.05, 4.69) is 5.32 Å². The van der Waals surface area contributed by atoms with Crippen molar-refractivity contribution >= 4 is 10.1 Å². The third-order valence-corrected chi connectivity index (χ3v) is 6.66. The van der Waals surface area contributed by atoms with Crippen molar-refractivity contribution in [2.45, 2.75) is 57.4 Å². The largest absolute Gasteiger partial charge is 0.313 e.